The van der Waals surface area contributed by atoms with E-state index < -0.39 is 0 Å². The maximum Gasteiger partial charge on any atom is 0.288 e. The van der Waals surface area contributed by atoms with Crippen LogP contribution in [0.25, 0.3) is 0 Å². The van der Waals surface area contributed by atoms with Crippen LogP contribution in [-0.4, -0.2) is 45.5 Å². The van der Waals surface area contributed by atoms with E-state index in [0.29, 0.717) is 25.5 Å². The van der Waals surface area contributed by atoms with Gasteiger partial charge in [0.1, 0.15) is 0 Å². The van der Waals surface area contributed by atoms with E-state index in [1.807, 2.05) is 35.2 Å². The number of aromatic nitrogens is 2. The number of nitrogens with zero attached hydrogens (tertiary/aromatic N) is 3. The minimum Gasteiger partial charge on any atom is -0.488 e. The number of rotatable bonds is 7. The van der Waals surface area contributed by atoms with Crippen molar-refractivity contribution in [2.24, 2.45) is 0 Å². The number of hydrogen-bond acceptors (Lipinski definition) is 4. The van der Waals surface area contributed by atoms with Crippen molar-refractivity contribution in [2.75, 3.05) is 19.8 Å². The molecule has 1 aliphatic rings. The fourth-order valence-corrected chi connectivity index (χ4v) is 2.80. The Kier molecular flexibility index (Phi) is 5.85. The lowest BCUT2D eigenvalue weighted by Crippen LogP contribution is -2.35. The standard InChI is InChI=1S/C19H23N3O3/c23-10-9-21(19(24)18-8-4-5-11-25-18)13-17-12-20-22(15-17)14-16-6-2-1-3-7-16/h1-3,6-8,12,15,23H,4-5,9-11,13-14H2. The molecular weight excluding hydrogens is 318 g/mol. The monoisotopic (exact) mass is 341 g/mol. The molecule has 25 heavy (non-hydrogen) atoms. The first-order chi connectivity index (χ1) is 12.3. The summed E-state index contributed by atoms with van der Waals surface area (Å²) in [6, 6.07) is 10.1. The quantitative estimate of drug-likeness (QED) is 0.836. The smallest absolute Gasteiger partial charge is 0.288 e. The van der Waals surface area contributed by atoms with Crippen LogP contribution in [0, 0.1) is 0 Å². The summed E-state index contributed by atoms with van der Waals surface area (Å²) in [6.45, 7) is 1.83. The highest BCUT2D eigenvalue weighted by molar-refractivity contribution is 5.91. The molecule has 0 aliphatic carbocycles. The summed E-state index contributed by atoms with van der Waals surface area (Å²) in [5.74, 6) is 0.209. The molecule has 0 saturated carbocycles. The SMILES string of the molecule is O=C(C1=CCCCO1)N(CCO)Cc1cnn(Cc2ccccc2)c1. The number of hydrogen-bond donors (Lipinski definition) is 1. The van der Waals surface area contributed by atoms with Gasteiger partial charge in [0, 0.05) is 24.8 Å². The molecule has 3 rings (SSSR count). The van der Waals surface area contributed by atoms with Crippen LogP contribution in [0.15, 0.2) is 54.6 Å². The number of aliphatic hydroxyl groups excluding tert-OH is 1. The number of amides is 1. The van der Waals surface area contributed by atoms with Gasteiger partial charge in [-0.15, -0.1) is 0 Å². The first kappa shape index (κ1) is 17.2. The average Bonchev–Trinajstić information content (AvgIpc) is 3.09. The molecule has 0 bridgehead atoms. The van der Waals surface area contributed by atoms with Crippen molar-refractivity contribution in [3.8, 4) is 0 Å². The Morgan fingerprint density at radius 2 is 2.12 bits per heavy atom. The van der Waals surface area contributed by atoms with E-state index in [9.17, 15) is 9.90 Å². The second kappa shape index (κ2) is 8.48. The Morgan fingerprint density at radius 1 is 1.28 bits per heavy atom. The Labute approximate surface area is 147 Å². The predicted octanol–water partition coefficient (Wildman–Crippen LogP) is 1.95. The number of ether oxygens (including phenoxy) is 1. The van der Waals surface area contributed by atoms with Crippen molar-refractivity contribution in [3.63, 3.8) is 0 Å². The Balaban J connectivity index is 1.66. The highest BCUT2D eigenvalue weighted by atomic mass is 16.5. The highest BCUT2D eigenvalue weighted by Crippen LogP contribution is 2.15. The van der Waals surface area contributed by atoms with Crippen LogP contribution in [-0.2, 0) is 22.6 Å². The zero-order chi connectivity index (χ0) is 17.5. The lowest BCUT2D eigenvalue weighted by molar-refractivity contribution is -0.132. The molecular formula is C19H23N3O3. The molecule has 1 N–H and O–H groups in total. The predicted molar refractivity (Wildman–Crippen MR) is 93.5 cm³/mol. The van der Waals surface area contributed by atoms with Gasteiger partial charge in [-0.3, -0.25) is 9.48 Å². The minimum atomic E-state index is -0.176. The van der Waals surface area contributed by atoms with Crippen LogP contribution < -0.4 is 0 Å². The van der Waals surface area contributed by atoms with Crippen LogP contribution in [0.2, 0.25) is 0 Å². The van der Waals surface area contributed by atoms with Crippen LogP contribution in [0.5, 0.6) is 0 Å². The molecule has 0 spiro atoms. The highest BCUT2D eigenvalue weighted by Gasteiger charge is 2.21. The zero-order valence-corrected chi connectivity index (χ0v) is 14.2. The molecule has 1 amide bonds. The Hall–Kier alpha value is -2.60. The zero-order valence-electron chi connectivity index (χ0n) is 14.2. The second-order valence-electron chi connectivity index (χ2n) is 6.04. The molecule has 2 heterocycles. The molecule has 2 aromatic rings. The van der Waals surface area contributed by atoms with E-state index in [-0.39, 0.29) is 19.1 Å². The van der Waals surface area contributed by atoms with E-state index in [0.717, 1.165) is 18.4 Å². The van der Waals surface area contributed by atoms with Crippen molar-refractivity contribution in [3.05, 3.63) is 65.7 Å². The molecule has 6 nitrogen and oxygen atoms in total. The number of benzene rings is 1. The summed E-state index contributed by atoms with van der Waals surface area (Å²) >= 11 is 0. The molecule has 0 saturated heterocycles. The van der Waals surface area contributed by atoms with E-state index in [2.05, 4.69) is 17.2 Å². The number of carbonyl (C=O) groups is 1. The largest absolute Gasteiger partial charge is 0.488 e. The summed E-state index contributed by atoms with van der Waals surface area (Å²) < 4.78 is 7.31. The molecule has 6 heteroatoms. The molecule has 0 radical (unpaired) electrons. The third-order valence-corrected chi connectivity index (χ3v) is 4.05. The third kappa shape index (κ3) is 4.70. The first-order valence-electron chi connectivity index (χ1n) is 8.54. The van der Waals surface area contributed by atoms with Gasteiger partial charge in [0.25, 0.3) is 5.91 Å². The van der Waals surface area contributed by atoms with Gasteiger partial charge in [-0.25, -0.2) is 0 Å². The van der Waals surface area contributed by atoms with Gasteiger partial charge < -0.3 is 14.7 Å². The average molecular weight is 341 g/mol. The molecule has 0 atom stereocenters. The van der Waals surface area contributed by atoms with Gasteiger partial charge in [0.15, 0.2) is 5.76 Å². The summed E-state index contributed by atoms with van der Waals surface area (Å²) in [5, 5.41) is 13.7. The first-order valence-corrected chi connectivity index (χ1v) is 8.54. The summed E-state index contributed by atoms with van der Waals surface area (Å²) in [5.41, 5.74) is 2.09. The van der Waals surface area contributed by atoms with Gasteiger partial charge in [0.05, 0.1) is 26.0 Å². The summed E-state index contributed by atoms with van der Waals surface area (Å²) in [6.07, 6.45) is 7.30. The van der Waals surface area contributed by atoms with Crippen LogP contribution in [0.3, 0.4) is 0 Å². The van der Waals surface area contributed by atoms with Gasteiger partial charge >= 0.3 is 0 Å². The molecule has 1 aromatic carbocycles. The number of allylic oxidation sites excluding steroid dienone is 1. The van der Waals surface area contributed by atoms with Gasteiger partial charge in [0.2, 0.25) is 0 Å². The van der Waals surface area contributed by atoms with Crippen molar-refractivity contribution >= 4 is 5.91 Å². The third-order valence-electron chi connectivity index (χ3n) is 4.05. The number of aliphatic hydroxyl groups is 1. The maximum absolute atomic E-state index is 12.6. The normalized spacial score (nSPS) is 13.9. The van der Waals surface area contributed by atoms with Gasteiger partial charge in [-0.1, -0.05) is 30.3 Å². The molecule has 0 unspecified atom stereocenters. The lowest BCUT2D eigenvalue weighted by atomic mass is 10.2. The maximum atomic E-state index is 12.6. The van der Waals surface area contributed by atoms with Gasteiger partial charge in [-0.05, 0) is 24.5 Å². The minimum absolute atomic E-state index is 0.0861. The Bertz CT molecular complexity index is 725. The van der Waals surface area contributed by atoms with E-state index in [1.165, 1.54) is 5.56 Å². The van der Waals surface area contributed by atoms with E-state index in [1.54, 1.807) is 11.1 Å². The number of carbonyl (C=O) groups excluding carboxylic acids is 1. The van der Waals surface area contributed by atoms with Crippen LogP contribution in [0.1, 0.15) is 24.0 Å². The molecule has 0 fully saturated rings. The summed E-state index contributed by atoms with van der Waals surface area (Å²) in [7, 11) is 0. The van der Waals surface area contributed by atoms with E-state index in [4.69, 9.17) is 4.74 Å². The second-order valence-corrected chi connectivity index (χ2v) is 6.04. The fourth-order valence-electron chi connectivity index (χ4n) is 2.80. The molecule has 1 aliphatic heterocycles. The molecule has 132 valence electrons. The Morgan fingerprint density at radius 3 is 2.84 bits per heavy atom. The topological polar surface area (TPSA) is 67.6 Å². The van der Waals surface area contributed by atoms with Crippen molar-refractivity contribution in [1.29, 1.82) is 0 Å². The van der Waals surface area contributed by atoms with Crippen molar-refractivity contribution < 1.29 is 14.6 Å². The van der Waals surface area contributed by atoms with Crippen LogP contribution in [0.4, 0.5) is 0 Å². The van der Waals surface area contributed by atoms with Crippen molar-refractivity contribution in [1.82, 2.24) is 14.7 Å². The van der Waals surface area contributed by atoms with Gasteiger partial charge in [-0.2, -0.15) is 5.10 Å². The van der Waals surface area contributed by atoms with Crippen LogP contribution >= 0.6 is 0 Å². The molecule has 1 aromatic heterocycles. The summed E-state index contributed by atoms with van der Waals surface area (Å²) in [4.78, 5) is 14.2. The van der Waals surface area contributed by atoms with Crippen molar-refractivity contribution in [2.45, 2.75) is 25.9 Å². The fraction of sp³-hybridized carbons (Fsp3) is 0.368. The lowest BCUT2D eigenvalue weighted by Gasteiger charge is -2.24. The van der Waals surface area contributed by atoms with E-state index >= 15 is 0 Å².